The van der Waals surface area contributed by atoms with E-state index in [1.807, 2.05) is 24.3 Å². The van der Waals surface area contributed by atoms with E-state index in [1.165, 1.54) is 12.1 Å². The number of methoxy groups -OCH3 is 1. The normalized spacial score (nSPS) is 16.5. The number of carbonyl (C=O) groups is 1. The van der Waals surface area contributed by atoms with Gasteiger partial charge in [0.05, 0.1) is 13.2 Å². The molecule has 1 aliphatic heterocycles. The molecule has 1 saturated heterocycles. The minimum absolute atomic E-state index is 0.0763. The molecule has 6 heteroatoms. The van der Waals surface area contributed by atoms with Gasteiger partial charge in [-0.25, -0.2) is 4.39 Å². The Labute approximate surface area is 156 Å². The predicted molar refractivity (Wildman–Crippen MR) is 97.9 cm³/mol. The minimum Gasteiger partial charge on any atom is -0.497 e. The Morgan fingerprint density at radius 1 is 1.19 bits per heavy atom. The molecule has 0 spiro atoms. The lowest BCUT2D eigenvalue weighted by atomic mass is 10.0. The molecule has 4 rings (SSSR count). The molecule has 3 aromatic rings. The van der Waals surface area contributed by atoms with Crippen molar-refractivity contribution in [3.05, 3.63) is 71.7 Å². The Balaban J connectivity index is 1.55. The van der Waals surface area contributed by atoms with Gasteiger partial charge in [0.1, 0.15) is 17.3 Å². The van der Waals surface area contributed by atoms with E-state index >= 15 is 0 Å². The van der Waals surface area contributed by atoms with E-state index in [9.17, 15) is 9.18 Å². The topological polar surface area (TPSA) is 55.6 Å². The lowest BCUT2D eigenvalue weighted by molar-refractivity contribution is 0.0693. The van der Waals surface area contributed by atoms with E-state index in [1.54, 1.807) is 30.2 Å². The number of ether oxygens (including phenoxy) is 1. The number of nitrogens with zero attached hydrogens (tertiary/aromatic N) is 2. The summed E-state index contributed by atoms with van der Waals surface area (Å²) in [6, 6.07) is 15.3. The van der Waals surface area contributed by atoms with Crippen LogP contribution in [0.1, 0.15) is 35.0 Å². The molecule has 0 bridgehead atoms. The maximum Gasteiger partial charge on any atom is 0.292 e. The smallest absolute Gasteiger partial charge is 0.292 e. The first kappa shape index (κ1) is 17.3. The molecule has 1 fully saturated rings. The van der Waals surface area contributed by atoms with Gasteiger partial charge in [0, 0.05) is 18.2 Å². The second-order valence-electron chi connectivity index (χ2n) is 6.51. The van der Waals surface area contributed by atoms with Crippen LogP contribution < -0.4 is 4.74 Å². The molecule has 2 aromatic carbocycles. The summed E-state index contributed by atoms with van der Waals surface area (Å²) >= 11 is 0. The van der Waals surface area contributed by atoms with Crippen molar-refractivity contribution in [2.45, 2.75) is 18.9 Å². The molecular weight excluding hydrogens is 347 g/mol. The largest absolute Gasteiger partial charge is 0.497 e. The Kier molecular flexibility index (Phi) is 4.62. The van der Waals surface area contributed by atoms with Crippen molar-refractivity contribution in [2.24, 2.45) is 0 Å². The lowest BCUT2D eigenvalue weighted by Crippen LogP contribution is -2.30. The fourth-order valence-corrected chi connectivity index (χ4v) is 3.46. The Morgan fingerprint density at radius 2 is 1.93 bits per heavy atom. The number of halogens is 1. The van der Waals surface area contributed by atoms with Gasteiger partial charge in [0.25, 0.3) is 5.91 Å². The molecule has 0 saturated carbocycles. The second-order valence-corrected chi connectivity index (χ2v) is 6.51. The summed E-state index contributed by atoms with van der Waals surface area (Å²) in [7, 11) is 1.61. The van der Waals surface area contributed by atoms with E-state index in [-0.39, 0.29) is 23.5 Å². The van der Waals surface area contributed by atoms with Gasteiger partial charge in [-0.2, -0.15) is 0 Å². The zero-order valence-electron chi connectivity index (χ0n) is 14.9. The first-order chi connectivity index (χ1) is 13.2. The molecule has 0 radical (unpaired) electrons. The molecule has 5 nitrogen and oxygen atoms in total. The highest BCUT2D eigenvalue weighted by molar-refractivity contribution is 5.93. The highest BCUT2D eigenvalue weighted by Gasteiger charge is 2.32. The number of aromatic nitrogens is 1. The number of carbonyl (C=O) groups excluding carboxylic acids is 1. The molecule has 1 aliphatic rings. The maximum absolute atomic E-state index is 13.2. The lowest BCUT2D eigenvalue weighted by Gasteiger charge is -2.23. The van der Waals surface area contributed by atoms with Gasteiger partial charge in [0.15, 0.2) is 0 Å². The van der Waals surface area contributed by atoms with Crippen LogP contribution >= 0.6 is 0 Å². The van der Waals surface area contributed by atoms with Crippen molar-refractivity contribution in [1.82, 2.24) is 10.1 Å². The predicted octanol–water partition coefficient (Wildman–Crippen LogP) is 4.47. The van der Waals surface area contributed by atoms with E-state index in [2.05, 4.69) is 5.16 Å². The van der Waals surface area contributed by atoms with Gasteiger partial charge in [-0.1, -0.05) is 17.3 Å². The first-order valence-corrected chi connectivity index (χ1v) is 8.83. The molecule has 1 atom stereocenters. The van der Waals surface area contributed by atoms with E-state index in [0.29, 0.717) is 12.2 Å². The Hall–Kier alpha value is -3.15. The van der Waals surface area contributed by atoms with Crippen LogP contribution in [0.15, 0.2) is 59.1 Å². The standard InChI is InChI=1S/C21H19FN2O3/c1-26-17-10-6-14(7-11-17)18-13-20(27-23-18)21(25)24-12-2-3-19(24)15-4-8-16(22)9-5-15/h4-11,13,19H,2-3,12H2,1H3/t19-/m0/s1. The van der Waals surface area contributed by atoms with Crippen molar-refractivity contribution < 1.29 is 18.4 Å². The summed E-state index contributed by atoms with van der Waals surface area (Å²) in [5.41, 5.74) is 2.37. The molecule has 1 amide bonds. The third-order valence-corrected chi connectivity index (χ3v) is 4.88. The van der Waals surface area contributed by atoms with Gasteiger partial charge < -0.3 is 14.2 Å². The SMILES string of the molecule is COc1ccc(-c2cc(C(=O)N3CCC[C@H]3c3ccc(F)cc3)on2)cc1. The zero-order chi connectivity index (χ0) is 18.8. The van der Waals surface area contributed by atoms with Crippen LogP contribution in [-0.2, 0) is 0 Å². The zero-order valence-corrected chi connectivity index (χ0v) is 14.9. The van der Waals surface area contributed by atoms with Crippen molar-refractivity contribution in [3.8, 4) is 17.0 Å². The molecule has 1 aromatic heterocycles. The van der Waals surface area contributed by atoms with Crippen LogP contribution in [-0.4, -0.2) is 29.6 Å². The maximum atomic E-state index is 13.2. The average molecular weight is 366 g/mol. The van der Waals surface area contributed by atoms with Gasteiger partial charge in [-0.05, 0) is 54.8 Å². The van der Waals surface area contributed by atoms with Crippen LogP contribution in [0.25, 0.3) is 11.3 Å². The van der Waals surface area contributed by atoms with Crippen LogP contribution in [0.2, 0.25) is 0 Å². The van der Waals surface area contributed by atoms with Gasteiger partial charge in [0.2, 0.25) is 5.76 Å². The Bertz CT molecular complexity index is 935. The van der Waals surface area contributed by atoms with Crippen molar-refractivity contribution in [1.29, 1.82) is 0 Å². The van der Waals surface area contributed by atoms with Crippen LogP contribution in [0.5, 0.6) is 5.75 Å². The third kappa shape index (κ3) is 3.43. The highest BCUT2D eigenvalue weighted by atomic mass is 19.1. The Morgan fingerprint density at radius 3 is 2.63 bits per heavy atom. The quantitative estimate of drug-likeness (QED) is 0.684. The molecule has 138 valence electrons. The number of hydrogen-bond acceptors (Lipinski definition) is 4. The molecule has 0 N–H and O–H groups in total. The number of hydrogen-bond donors (Lipinski definition) is 0. The van der Waals surface area contributed by atoms with E-state index in [0.717, 1.165) is 29.7 Å². The molecule has 2 heterocycles. The third-order valence-electron chi connectivity index (χ3n) is 4.88. The second kappa shape index (κ2) is 7.23. The summed E-state index contributed by atoms with van der Waals surface area (Å²) in [6.07, 6.45) is 1.74. The van der Waals surface area contributed by atoms with Crippen molar-refractivity contribution in [2.75, 3.05) is 13.7 Å². The summed E-state index contributed by atoms with van der Waals surface area (Å²) in [4.78, 5) is 14.7. The fourth-order valence-electron chi connectivity index (χ4n) is 3.46. The van der Waals surface area contributed by atoms with Crippen LogP contribution in [0.4, 0.5) is 4.39 Å². The van der Waals surface area contributed by atoms with Crippen LogP contribution in [0.3, 0.4) is 0 Å². The summed E-state index contributed by atoms with van der Waals surface area (Å²) in [5.74, 6) is 0.468. The monoisotopic (exact) mass is 366 g/mol. The van der Waals surface area contributed by atoms with E-state index in [4.69, 9.17) is 9.26 Å². The van der Waals surface area contributed by atoms with Gasteiger partial charge in [-0.3, -0.25) is 4.79 Å². The number of benzene rings is 2. The fraction of sp³-hybridized carbons (Fsp3) is 0.238. The van der Waals surface area contributed by atoms with Crippen molar-refractivity contribution in [3.63, 3.8) is 0 Å². The number of rotatable bonds is 4. The summed E-state index contributed by atoms with van der Waals surface area (Å²) in [6.45, 7) is 0.638. The van der Waals surface area contributed by atoms with Gasteiger partial charge >= 0.3 is 0 Å². The average Bonchev–Trinajstić information content (AvgIpc) is 3.38. The van der Waals surface area contributed by atoms with E-state index < -0.39 is 0 Å². The van der Waals surface area contributed by atoms with Crippen LogP contribution in [0, 0.1) is 5.82 Å². The summed E-state index contributed by atoms with van der Waals surface area (Å²) < 4.78 is 23.7. The minimum atomic E-state index is -0.283. The van der Waals surface area contributed by atoms with Crippen molar-refractivity contribution >= 4 is 5.91 Å². The van der Waals surface area contributed by atoms with Gasteiger partial charge in [-0.15, -0.1) is 0 Å². The highest BCUT2D eigenvalue weighted by Crippen LogP contribution is 2.33. The molecule has 0 unspecified atom stereocenters. The first-order valence-electron chi connectivity index (χ1n) is 8.83. The number of amides is 1. The molecule has 0 aliphatic carbocycles. The number of likely N-dealkylation sites (tertiary alicyclic amines) is 1. The molecule has 27 heavy (non-hydrogen) atoms. The summed E-state index contributed by atoms with van der Waals surface area (Å²) in [5, 5.41) is 4.03. The molecular formula is C21H19FN2O3.